The van der Waals surface area contributed by atoms with Crippen molar-refractivity contribution in [2.75, 3.05) is 0 Å². The smallest absolute Gasteiger partial charge is 0.259 e. The Hall–Kier alpha value is -5.99. The van der Waals surface area contributed by atoms with Crippen LogP contribution in [0.15, 0.2) is 95.5 Å². The largest absolute Gasteiger partial charge is 0.354 e. The number of carbonyl (C=O) groups excluding carboxylic acids is 3. The third kappa shape index (κ3) is 4.56. The Bertz CT molecular complexity index is 2970. The van der Waals surface area contributed by atoms with E-state index in [0.29, 0.717) is 17.7 Å². The van der Waals surface area contributed by atoms with Crippen molar-refractivity contribution in [2.24, 2.45) is 0 Å². The molecule has 0 bridgehead atoms. The SMILES string of the molecule is C.C.O=C1NC(=O)c2c1c1c(c3[nH]c4ccc(Br)cc4c23)-c2ccccc2CC1.O=C1NCc2c3c(c4[nH]c5ccccc5c4c21)-c1ccccc1CC3. The quantitative estimate of drug-likeness (QED) is 0.115. The summed E-state index contributed by atoms with van der Waals surface area (Å²) in [5, 5.41) is 9.57. The average Bonchev–Trinajstić information content (AvgIpc) is 3.92. The van der Waals surface area contributed by atoms with Crippen molar-refractivity contribution >= 4 is 77.3 Å². The first-order valence-electron chi connectivity index (χ1n) is 17.6. The lowest BCUT2D eigenvalue weighted by Gasteiger charge is -2.23. The van der Waals surface area contributed by atoms with E-state index in [-0.39, 0.29) is 32.6 Å². The fraction of sp³-hybridized carbons (Fsp3) is 0.152. The highest BCUT2D eigenvalue weighted by atomic mass is 79.9. The zero-order chi connectivity index (χ0) is 34.8. The molecule has 54 heavy (non-hydrogen) atoms. The number of amides is 3. The number of halogens is 1. The van der Waals surface area contributed by atoms with E-state index in [9.17, 15) is 14.4 Å². The van der Waals surface area contributed by atoms with E-state index in [1.54, 1.807) is 0 Å². The highest BCUT2D eigenvalue weighted by Crippen LogP contribution is 2.47. The number of benzene rings is 6. The summed E-state index contributed by atoms with van der Waals surface area (Å²) in [6, 6.07) is 31.3. The molecule has 6 aromatic carbocycles. The molecule has 7 nitrogen and oxygen atoms in total. The van der Waals surface area contributed by atoms with Crippen LogP contribution < -0.4 is 10.6 Å². The van der Waals surface area contributed by atoms with Gasteiger partial charge in [0.25, 0.3) is 17.7 Å². The first kappa shape index (κ1) is 33.8. The Balaban J connectivity index is 0.000000138. The molecule has 0 spiro atoms. The minimum Gasteiger partial charge on any atom is -0.354 e. The molecular weight excluding hydrogens is 736 g/mol. The van der Waals surface area contributed by atoms with Gasteiger partial charge in [0.15, 0.2) is 0 Å². The van der Waals surface area contributed by atoms with Gasteiger partial charge in [-0.05, 0) is 88.9 Å². The number of para-hydroxylation sites is 1. The fourth-order valence-electron chi connectivity index (χ4n) is 9.37. The van der Waals surface area contributed by atoms with Crippen LogP contribution in [0.4, 0.5) is 0 Å². The molecule has 8 aromatic rings. The monoisotopic (exact) mass is 772 g/mol. The van der Waals surface area contributed by atoms with Crippen LogP contribution >= 0.6 is 15.9 Å². The highest BCUT2D eigenvalue weighted by molar-refractivity contribution is 9.10. The van der Waals surface area contributed by atoms with Crippen molar-refractivity contribution in [3.63, 3.8) is 0 Å². The van der Waals surface area contributed by atoms with E-state index in [1.165, 1.54) is 33.4 Å². The molecule has 0 atom stereocenters. The highest BCUT2D eigenvalue weighted by Gasteiger charge is 2.37. The van der Waals surface area contributed by atoms with E-state index in [1.807, 2.05) is 42.5 Å². The van der Waals surface area contributed by atoms with Crippen LogP contribution in [0.5, 0.6) is 0 Å². The lowest BCUT2D eigenvalue weighted by molar-refractivity contribution is 0.0878. The molecule has 12 rings (SSSR count). The Morgan fingerprint density at radius 1 is 0.500 bits per heavy atom. The predicted molar refractivity (Wildman–Crippen MR) is 221 cm³/mol. The molecule has 0 saturated carbocycles. The maximum absolute atomic E-state index is 12.7. The van der Waals surface area contributed by atoms with Gasteiger partial charge < -0.3 is 15.3 Å². The number of rotatable bonds is 0. The molecule has 4 N–H and O–H groups in total. The molecule has 4 heterocycles. The van der Waals surface area contributed by atoms with Crippen molar-refractivity contribution in [2.45, 2.75) is 47.1 Å². The third-order valence-corrected chi connectivity index (χ3v) is 12.0. The van der Waals surface area contributed by atoms with Gasteiger partial charge in [-0.2, -0.15) is 0 Å². The molecule has 0 fully saturated rings. The normalized spacial score (nSPS) is 14.5. The number of imide groups is 1. The summed E-state index contributed by atoms with van der Waals surface area (Å²) < 4.78 is 0.938. The number of hydrogen-bond acceptors (Lipinski definition) is 3. The summed E-state index contributed by atoms with van der Waals surface area (Å²) in [6.07, 6.45) is 3.66. The Labute approximate surface area is 320 Å². The van der Waals surface area contributed by atoms with Crippen molar-refractivity contribution < 1.29 is 14.4 Å². The summed E-state index contributed by atoms with van der Waals surface area (Å²) in [7, 11) is 0. The van der Waals surface area contributed by atoms with Gasteiger partial charge in [0.05, 0.1) is 27.7 Å². The van der Waals surface area contributed by atoms with Gasteiger partial charge in [0.2, 0.25) is 0 Å². The minimum atomic E-state index is -0.303. The van der Waals surface area contributed by atoms with Crippen molar-refractivity contribution in [3.05, 3.63) is 140 Å². The maximum Gasteiger partial charge on any atom is 0.259 e. The summed E-state index contributed by atoms with van der Waals surface area (Å²) >= 11 is 3.53. The van der Waals surface area contributed by atoms with Gasteiger partial charge >= 0.3 is 0 Å². The fourth-order valence-corrected chi connectivity index (χ4v) is 9.73. The number of aromatic nitrogens is 2. The molecule has 0 radical (unpaired) electrons. The number of nitrogens with one attached hydrogen (secondary N) is 4. The molecule has 8 heteroatoms. The van der Waals surface area contributed by atoms with Gasteiger partial charge in [0.1, 0.15) is 0 Å². The first-order chi connectivity index (χ1) is 25.5. The van der Waals surface area contributed by atoms with Crippen molar-refractivity contribution in [1.29, 1.82) is 0 Å². The van der Waals surface area contributed by atoms with Crippen molar-refractivity contribution in [1.82, 2.24) is 20.6 Å². The lowest BCUT2D eigenvalue weighted by atomic mass is 9.80. The second kappa shape index (κ2) is 12.3. The zero-order valence-corrected chi connectivity index (χ0v) is 29.4. The van der Waals surface area contributed by atoms with Crippen LogP contribution in [-0.4, -0.2) is 27.7 Å². The van der Waals surface area contributed by atoms with Crippen LogP contribution in [0.25, 0.3) is 65.9 Å². The molecule has 4 aliphatic rings. The number of aryl methyl sites for hydroxylation is 2. The summed E-state index contributed by atoms with van der Waals surface area (Å²) in [6.45, 7) is 0.647. The summed E-state index contributed by atoms with van der Waals surface area (Å²) in [5.74, 6) is -0.522. The Kier molecular flexibility index (Phi) is 7.69. The van der Waals surface area contributed by atoms with Gasteiger partial charge in [-0.3, -0.25) is 19.7 Å². The van der Waals surface area contributed by atoms with Crippen LogP contribution in [0, 0.1) is 0 Å². The second-order valence-electron chi connectivity index (χ2n) is 14.1. The predicted octanol–water partition coefficient (Wildman–Crippen LogP) is 10.3. The third-order valence-electron chi connectivity index (χ3n) is 11.5. The lowest BCUT2D eigenvalue weighted by Crippen LogP contribution is -2.20. The van der Waals surface area contributed by atoms with E-state index in [4.69, 9.17) is 0 Å². The first-order valence-corrected chi connectivity index (χ1v) is 18.4. The standard InChI is InChI=1S/C22H13BrN2O2.C22H16N2O.2CH4/c23-11-6-8-15-14(9-11)17-19-18(21(26)25-22(19)27)13-7-5-10-3-1-2-4-12(10)16(13)20(17)24-15;25-22-20-16(11-23-22)14-10-9-12-5-1-2-6-13(12)18(14)21-19(20)15-7-3-4-8-17(15)24-21;;/h1-4,6,8-9,24H,5,7H2,(H,25,26,27);1-8,24H,9-11H2,(H,23,25);2*1H4. The van der Waals surface area contributed by atoms with Crippen LogP contribution in [0.1, 0.15) is 73.7 Å². The van der Waals surface area contributed by atoms with E-state index >= 15 is 0 Å². The van der Waals surface area contributed by atoms with Crippen LogP contribution in [0.2, 0.25) is 0 Å². The minimum absolute atomic E-state index is 0. The number of H-pyrrole nitrogens is 2. The van der Waals surface area contributed by atoms with Crippen molar-refractivity contribution in [3.8, 4) is 22.3 Å². The Morgan fingerprint density at radius 3 is 1.80 bits per heavy atom. The van der Waals surface area contributed by atoms with Crippen LogP contribution in [-0.2, 0) is 32.2 Å². The molecule has 2 aliphatic heterocycles. The topological polar surface area (TPSA) is 107 Å². The number of carbonyl (C=O) groups is 3. The maximum atomic E-state index is 12.7. The number of fused-ring (bicyclic) bond motifs is 20. The van der Waals surface area contributed by atoms with E-state index in [2.05, 4.69) is 85.1 Å². The van der Waals surface area contributed by atoms with Gasteiger partial charge in [-0.15, -0.1) is 0 Å². The van der Waals surface area contributed by atoms with Gasteiger partial charge in [-0.25, -0.2) is 0 Å². The van der Waals surface area contributed by atoms with Gasteiger partial charge in [-0.1, -0.05) is 97.5 Å². The zero-order valence-electron chi connectivity index (χ0n) is 27.8. The molecule has 3 amide bonds. The molecular formula is C46H37BrN4O3. The molecule has 2 aliphatic carbocycles. The number of aromatic amines is 2. The molecule has 266 valence electrons. The number of hydrogen-bond donors (Lipinski definition) is 4. The van der Waals surface area contributed by atoms with Crippen LogP contribution in [0.3, 0.4) is 0 Å². The van der Waals surface area contributed by atoms with E-state index in [0.717, 1.165) is 96.0 Å². The summed E-state index contributed by atoms with van der Waals surface area (Å²) in [5.41, 5.74) is 17.0. The van der Waals surface area contributed by atoms with Gasteiger partial charge in [0, 0.05) is 54.7 Å². The Morgan fingerprint density at radius 2 is 1.07 bits per heavy atom. The molecule has 2 aromatic heterocycles. The molecule has 0 saturated heterocycles. The molecule has 0 unspecified atom stereocenters. The average molecular weight is 774 g/mol. The van der Waals surface area contributed by atoms with E-state index < -0.39 is 0 Å². The summed E-state index contributed by atoms with van der Waals surface area (Å²) in [4.78, 5) is 45.1. The second-order valence-corrected chi connectivity index (χ2v) is 15.0.